The van der Waals surface area contributed by atoms with Crippen molar-refractivity contribution in [1.29, 1.82) is 0 Å². The lowest BCUT2D eigenvalue weighted by molar-refractivity contribution is -0.127. The number of amides is 1. The van der Waals surface area contributed by atoms with Gasteiger partial charge in [0.1, 0.15) is 5.75 Å². The predicted octanol–water partition coefficient (Wildman–Crippen LogP) is 2.50. The van der Waals surface area contributed by atoms with Gasteiger partial charge >= 0.3 is 0 Å². The van der Waals surface area contributed by atoms with Crippen molar-refractivity contribution in [2.45, 2.75) is 52.2 Å². The van der Waals surface area contributed by atoms with Crippen LogP contribution in [0.4, 0.5) is 0 Å². The zero-order valence-corrected chi connectivity index (χ0v) is 12.2. The monoisotopic (exact) mass is 275 g/mol. The zero-order chi connectivity index (χ0) is 14.7. The molecule has 0 saturated heterocycles. The van der Waals surface area contributed by atoms with Crippen LogP contribution in [-0.4, -0.2) is 23.8 Å². The largest absolute Gasteiger partial charge is 0.481 e. The summed E-state index contributed by atoms with van der Waals surface area (Å²) in [5, 5.41) is 2.80. The molecule has 1 aromatic rings. The Balaban J connectivity index is 2.08. The fourth-order valence-electron chi connectivity index (χ4n) is 2.34. The second-order valence-corrected chi connectivity index (χ2v) is 5.52. The molecule has 1 aromatic carbocycles. The summed E-state index contributed by atoms with van der Waals surface area (Å²) in [7, 11) is 0. The molecule has 1 aliphatic carbocycles. The number of rotatable bonds is 4. The lowest BCUT2D eigenvalue weighted by Crippen LogP contribution is -2.40. The molecule has 0 radical (unpaired) electrons. The highest BCUT2D eigenvalue weighted by Crippen LogP contribution is 2.25. The van der Waals surface area contributed by atoms with E-state index in [0.29, 0.717) is 12.2 Å². The molecule has 2 rings (SSSR count). The van der Waals surface area contributed by atoms with Gasteiger partial charge in [-0.1, -0.05) is 6.07 Å². The third-order valence-corrected chi connectivity index (χ3v) is 3.34. The summed E-state index contributed by atoms with van der Waals surface area (Å²) in [6, 6.07) is 5.60. The van der Waals surface area contributed by atoms with Gasteiger partial charge < -0.3 is 10.1 Å². The first-order valence-electron chi connectivity index (χ1n) is 7.10. The fraction of sp³-hybridized carbons (Fsp3) is 0.500. The maximum atomic E-state index is 11.9. The Morgan fingerprint density at radius 1 is 1.25 bits per heavy atom. The van der Waals surface area contributed by atoms with E-state index in [1.54, 1.807) is 13.0 Å². The first-order chi connectivity index (χ1) is 9.47. The molecule has 0 aromatic heterocycles. The summed E-state index contributed by atoms with van der Waals surface area (Å²) in [5.41, 5.74) is 1.82. The number of aryl methyl sites for hydroxylation is 1. The molecule has 0 heterocycles. The standard InChI is InChI=1S/C16H21NO3/c1-10(2)17-16(19)11(3)20-13-8-7-12-5-4-6-15(18)14(12)9-13/h7-11H,4-6H2,1-3H3,(H,17,19). The number of carbonyl (C=O) groups is 2. The highest BCUT2D eigenvalue weighted by atomic mass is 16.5. The number of benzene rings is 1. The van der Waals surface area contributed by atoms with Crippen molar-refractivity contribution >= 4 is 11.7 Å². The lowest BCUT2D eigenvalue weighted by atomic mass is 9.90. The van der Waals surface area contributed by atoms with E-state index in [0.717, 1.165) is 24.0 Å². The van der Waals surface area contributed by atoms with E-state index in [4.69, 9.17) is 4.74 Å². The maximum absolute atomic E-state index is 11.9. The van der Waals surface area contributed by atoms with Gasteiger partial charge in [0.2, 0.25) is 0 Å². The molecule has 1 N–H and O–H groups in total. The Morgan fingerprint density at radius 3 is 2.70 bits per heavy atom. The lowest BCUT2D eigenvalue weighted by Gasteiger charge is -2.19. The van der Waals surface area contributed by atoms with Crippen LogP contribution in [0.25, 0.3) is 0 Å². The number of nitrogens with one attached hydrogen (secondary N) is 1. The van der Waals surface area contributed by atoms with Crippen molar-refractivity contribution in [1.82, 2.24) is 5.32 Å². The molecule has 1 aliphatic rings. The van der Waals surface area contributed by atoms with Gasteiger partial charge in [0.05, 0.1) is 0 Å². The van der Waals surface area contributed by atoms with Crippen LogP contribution in [0.5, 0.6) is 5.75 Å². The van der Waals surface area contributed by atoms with Gasteiger partial charge in [-0.15, -0.1) is 0 Å². The first-order valence-corrected chi connectivity index (χ1v) is 7.10. The molecule has 4 heteroatoms. The molecule has 0 bridgehead atoms. The summed E-state index contributed by atoms with van der Waals surface area (Å²) >= 11 is 0. The minimum atomic E-state index is -0.575. The van der Waals surface area contributed by atoms with Crippen LogP contribution in [0.2, 0.25) is 0 Å². The molecule has 0 spiro atoms. The SMILES string of the molecule is CC(C)NC(=O)C(C)Oc1ccc2c(c1)C(=O)CCC2. The molecule has 1 unspecified atom stereocenters. The summed E-state index contributed by atoms with van der Waals surface area (Å²) in [4.78, 5) is 23.7. The second-order valence-electron chi connectivity index (χ2n) is 5.52. The molecule has 1 atom stereocenters. The highest BCUT2D eigenvalue weighted by molar-refractivity contribution is 5.98. The van der Waals surface area contributed by atoms with E-state index in [-0.39, 0.29) is 17.7 Å². The third-order valence-electron chi connectivity index (χ3n) is 3.34. The van der Waals surface area contributed by atoms with E-state index in [2.05, 4.69) is 5.32 Å². The number of hydrogen-bond donors (Lipinski definition) is 1. The van der Waals surface area contributed by atoms with Crippen LogP contribution < -0.4 is 10.1 Å². The average Bonchev–Trinajstić information content (AvgIpc) is 2.39. The summed E-state index contributed by atoms with van der Waals surface area (Å²) < 4.78 is 5.63. The van der Waals surface area contributed by atoms with Crippen LogP contribution in [0, 0.1) is 0 Å². The van der Waals surface area contributed by atoms with Crippen molar-refractivity contribution in [2.75, 3.05) is 0 Å². The predicted molar refractivity (Wildman–Crippen MR) is 77.1 cm³/mol. The summed E-state index contributed by atoms with van der Waals surface area (Å²) in [6.45, 7) is 5.52. The maximum Gasteiger partial charge on any atom is 0.260 e. The van der Waals surface area contributed by atoms with E-state index >= 15 is 0 Å². The number of ether oxygens (including phenoxy) is 1. The first kappa shape index (κ1) is 14.6. The van der Waals surface area contributed by atoms with E-state index in [9.17, 15) is 9.59 Å². The van der Waals surface area contributed by atoms with Crippen LogP contribution in [0.3, 0.4) is 0 Å². The van der Waals surface area contributed by atoms with Gasteiger partial charge in [-0.05, 0) is 51.3 Å². The number of hydrogen-bond acceptors (Lipinski definition) is 3. The summed E-state index contributed by atoms with van der Waals surface area (Å²) in [6.07, 6.45) is 1.87. The Kier molecular flexibility index (Phi) is 4.42. The van der Waals surface area contributed by atoms with E-state index in [1.807, 2.05) is 26.0 Å². The molecule has 20 heavy (non-hydrogen) atoms. The van der Waals surface area contributed by atoms with Gasteiger partial charge in [0.15, 0.2) is 11.9 Å². The number of carbonyl (C=O) groups excluding carboxylic acids is 2. The van der Waals surface area contributed by atoms with Crippen molar-refractivity contribution < 1.29 is 14.3 Å². The van der Waals surface area contributed by atoms with Gasteiger partial charge in [0.25, 0.3) is 5.91 Å². The van der Waals surface area contributed by atoms with Crippen molar-refractivity contribution in [3.8, 4) is 5.75 Å². The molecular weight excluding hydrogens is 254 g/mol. The second kappa shape index (κ2) is 6.07. The summed E-state index contributed by atoms with van der Waals surface area (Å²) in [5.74, 6) is 0.588. The number of ketones is 1. The van der Waals surface area contributed by atoms with Crippen molar-refractivity contribution in [3.05, 3.63) is 29.3 Å². The minimum Gasteiger partial charge on any atom is -0.481 e. The molecule has 4 nitrogen and oxygen atoms in total. The molecule has 108 valence electrons. The molecule has 1 amide bonds. The molecule has 0 aliphatic heterocycles. The van der Waals surface area contributed by atoms with Gasteiger partial charge in [-0.3, -0.25) is 9.59 Å². The van der Waals surface area contributed by atoms with Crippen LogP contribution in [-0.2, 0) is 11.2 Å². The Labute approximate surface area is 119 Å². The van der Waals surface area contributed by atoms with Crippen LogP contribution in [0.1, 0.15) is 49.5 Å². The van der Waals surface area contributed by atoms with Gasteiger partial charge in [0, 0.05) is 18.0 Å². The molecule has 0 fully saturated rings. The average molecular weight is 275 g/mol. The van der Waals surface area contributed by atoms with Crippen molar-refractivity contribution in [3.63, 3.8) is 0 Å². The molecular formula is C16H21NO3. The van der Waals surface area contributed by atoms with E-state index < -0.39 is 6.10 Å². The fourth-order valence-corrected chi connectivity index (χ4v) is 2.34. The zero-order valence-electron chi connectivity index (χ0n) is 12.2. The van der Waals surface area contributed by atoms with Gasteiger partial charge in [-0.25, -0.2) is 0 Å². The topological polar surface area (TPSA) is 55.4 Å². The van der Waals surface area contributed by atoms with Crippen molar-refractivity contribution in [2.24, 2.45) is 0 Å². The normalized spacial score (nSPS) is 15.7. The molecule has 0 saturated carbocycles. The quantitative estimate of drug-likeness (QED) is 0.918. The van der Waals surface area contributed by atoms with Crippen LogP contribution in [0.15, 0.2) is 18.2 Å². The van der Waals surface area contributed by atoms with Gasteiger partial charge in [-0.2, -0.15) is 0 Å². The number of fused-ring (bicyclic) bond motifs is 1. The smallest absolute Gasteiger partial charge is 0.260 e. The Hall–Kier alpha value is -1.84. The highest BCUT2D eigenvalue weighted by Gasteiger charge is 2.20. The Morgan fingerprint density at radius 2 is 2.00 bits per heavy atom. The Bertz CT molecular complexity index is 522. The number of Topliss-reactive ketones (excluding diaryl/α,β-unsaturated/α-hetero) is 1. The van der Waals surface area contributed by atoms with E-state index in [1.165, 1.54) is 0 Å². The minimum absolute atomic E-state index is 0.0821. The van der Waals surface area contributed by atoms with Crippen LogP contribution >= 0.6 is 0 Å². The third kappa shape index (κ3) is 3.38.